The van der Waals surface area contributed by atoms with E-state index in [1.807, 2.05) is 0 Å². The number of rotatable bonds is 3. The summed E-state index contributed by atoms with van der Waals surface area (Å²) in [7, 11) is 0. The zero-order valence-electron chi connectivity index (χ0n) is 13.2. The Morgan fingerprint density at radius 3 is 2.62 bits per heavy atom. The molecule has 1 aliphatic rings. The fourth-order valence-corrected chi connectivity index (χ4v) is 3.40. The van der Waals surface area contributed by atoms with Gasteiger partial charge in [0.05, 0.1) is 17.6 Å². The molecular formula is C18H15Cl2NO3. The lowest BCUT2D eigenvalue weighted by Crippen LogP contribution is -2.33. The van der Waals surface area contributed by atoms with E-state index in [1.165, 1.54) is 0 Å². The predicted octanol–water partition coefficient (Wildman–Crippen LogP) is 4.43. The smallest absolute Gasteiger partial charge is 0.338 e. The Morgan fingerprint density at radius 2 is 1.92 bits per heavy atom. The maximum Gasteiger partial charge on any atom is 0.338 e. The van der Waals surface area contributed by atoms with Crippen LogP contribution in [0, 0.1) is 0 Å². The molecule has 24 heavy (non-hydrogen) atoms. The van der Waals surface area contributed by atoms with Crippen molar-refractivity contribution < 1.29 is 14.3 Å². The molecule has 0 bridgehead atoms. The third-order valence-electron chi connectivity index (χ3n) is 4.24. The molecule has 0 saturated carbocycles. The van der Waals surface area contributed by atoms with Crippen molar-refractivity contribution in [3.8, 4) is 0 Å². The average molecular weight is 364 g/mol. The second-order valence-electron chi connectivity index (χ2n) is 5.68. The van der Waals surface area contributed by atoms with E-state index in [0.717, 1.165) is 5.56 Å². The molecule has 0 saturated heterocycles. The molecule has 1 aliphatic heterocycles. The minimum atomic E-state index is -1.04. The summed E-state index contributed by atoms with van der Waals surface area (Å²) < 4.78 is 5.03. The first-order chi connectivity index (χ1) is 11.4. The van der Waals surface area contributed by atoms with Gasteiger partial charge in [-0.1, -0.05) is 23.2 Å². The minimum Gasteiger partial charge on any atom is -0.462 e. The maximum atomic E-state index is 12.7. The van der Waals surface area contributed by atoms with Crippen LogP contribution in [0.5, 0.6) is 0 Å². The highest BCUT2D eigenvalue weighted by Crippen LogP contribution is 2.46. The highest BCUT2D eigenvalue weighted by atomic mass is 35.5. The maximum absolute atomic E-state index is 12.7. The number of carbonyl (C=O) groups is 2. The third kappa shape index (κ3) is 2.56. The van der Waals surface area contributed by atoms with Crippen LogP contribution in [0.3, 0.4) is 0 Å². The van der Waals surface area contributed by atoms with Gasteiger partial charge in [0.25, 0.3) is 0 Å². The van der Waals surface area contributed by atoms with E-state index in [4.69, 9.17) is 27.9 Å². The Labute approximate surface area is 149 Å². The highest BCUT2D eigenvalue weighted by Gasteiger charge is 2.45. The molecule has 6 heteroatoms. The van der Waals surface area contributed by atoms with Crippen LogP contribution < -0.4 is 5.32 Å². The van der Waals surface area contributed by atoms with Gasteiger partial charge in [0, 0.05) is 15.7 Å². The molecule has 1 atom stereocenters. The second kappa shape index (κ2) is 6.11. The average Bonchev–Trinajstić information content (AvgIpc) is 2.80. The Bertz CT molecular complexity index is 850. The summed E-state index contributed by atoms with van der Waals surface area (Å²) in [6, 6.07) is 9.99. The van der Waals surface area contributed by atoms with E-state index >= 15 is 0 Å². The van der Waals surface area contributed by atoms with Gasteiger partial charge >= 0.3 is 5.97 Å². The number of amides is 1. The molecule has 124 valence electrons. The number of halogens is 2. The van der Waals surface area contributed by atoms with Crippen LogP contribution in [0.25, 0.3) is 0 Å². The molecule has 0 fully saturated rings. The van der Waals surface area contributed by atoms with Gasteiger partial charge in [-0.25, -0.2) is 4.79 Å². The zero-order valence-corrected chi connectivity index (χ0v) is 14.7. The van der Waals surface area contributed by atoms with E-state index < -0.39 is 11.4 Å². The van der Waals surface area contributed by atoms with E-state index in [1.54, 1.807) is 50.2 Å². The summed E-state index contributed by atoms with van der Waals surface area (Å²) >= 11 is 12.5. The van der Waals surface area contributed by atoms with Gasteiger partial charge in [-0.2, -0.15) is 0 Å². The Morgan fingerprint density at radius 1 is 1.17 bits per heavy atom. The third-order valence-corrected chi connectivity index (χ3v) is 4.80. The SMILES string of the molecule is CCOC(=O)c1ccc(Cl)c([C@@]2(C)C(=O)Nc3ccc(Cl)cc32)c1. The quantitative estimate of drug-likeness (QED) is 0.820. The number of ether oxygens (including phenoxy) is 1. The van der Waals surface area contributed by atoms with Gasteiger partial charge in [-0.3, -0.25) is 4.79 Å². The molecule has 0 spiro atoms. The van der Waals surface area contributed by atoms with Crippen LogP contribution in [-0.4, -0.2) is 18.5 Å². The first kappa shape index (κ1) is 16.8. The molecule has 1 amide bonds. The van der Waals surface area contributed by atoms with Crippen molar-refractivity contribution in [3.63, 3.8) is 0 Å². The number of fused-ring (bicyclic) bond motifs is 1. The predicted molar refractivity (Wildman–Crippen MR) is 93.9 cm³/mol. The molecule has 1 N–H and O–H groups in total. The van der Waals surface area contributed by atoms with Crippen molar-refractivity contribution >= 4 is 40.8 Å². The number of nitrogens with one attached hydrogen (secondary N) is 1. The van der Waals surface area contributed by atoms with Gasteiger partial charge in [0.15, 0.2) is 0 Å². The largest absolute Gasteiger partial charge is 0.462 e. The molecule has 2 aromatic rings. The van der Waals surface area contributed by atoms with Gasteiger partial charge < -0.3 is 10.1 Å². The van der Waals surface area contributed by atoms with Gasteiger partial charge in [-0.15, -0.1) is 0 Å². The van der Waals surface area contributed by atoms with E-state index in [-0.39, 0.29) is 12.5 Å². The molecular weight excluding hydrogens is 349 g/mol. The minimum absolute atomic E-state index is 0.220. The van der Waals surface area contributed by atoms with Crippen molar-refractivity contribution in [2.45, 2.75) is 19.3 Å². The second-order valence-corrected chi connectivity index (χ2v) is 6.53. The van der Waals surface area contributed by atoms with E-state index in [9.17, 15) is 9.59 Å². The molecule has 2 aromatic carbocycles. The van der Waals surface area contributed by atoms with Gasteiger partial charge in [0.2, 0.25) is 5.91 Å². The van der Waals surface area contributed by atoms with Gasteiger partial charge in [-0.05, 0) is 61.4 Å². The lowest BCUT2D eigenvalue weighted by Gasteiger charge is -2.24. The molecule has 0 unspecified atom stereocenters. The summed E-state index contributed by atoms with van der Waals surface area (Å²) in [5.41, 5.74) is 1.25. The first-order valence-electron chi connectivity index (χ1n) is 7.46. The van der Waals surface area contributed by atoms with Crippen LogP contribution >= 0.6 is 23.2 Å². The molecule has 1 heterocycles. The lowest BCUT2D eigenvalue weighted by molar-refractivity contribution is -0.119. The fraction of sp³-hybridized carbons (Fsp3) is 0.222. The van der Waals surface area contributed by atoms with Crippen LogP contribution in [0.2, 0.25) is 10.0 Å². The molecule has 0 radical (unpaired) electrons. The van der Waals surface area contributed by atoms with E-state index in [0.29, 0.717) is 26.9 Å². The van der Waals surface area contributed by atoms with Crippen molar-refractivity contribution in [1.29, 1.82) is 0 Å². The topological polar surface area (TPSA) is 55.4 Å². The summed E-state index contributed by atoms with van der Waals surface area (Å²) in [6.45, 7) is 3.77. The number of esters is 1. The monoisotopic (exact) mass is 363 g/mol. The molecule has 3 rings (SSSR count). The summed E-state index contributed by atoms with van der Waals surface area (Å²) in [5, 5.41) is 3.76. The fourth-order valence-electron chi connectivity index (χ4n) is 2.93. The normalized spacial score (nSPS) is 18.9. The van der Waals surface area contributed by atoms with Crippen molar-refractivity contribution in [2.24, 2.45) is 0 Å². The molecule has 0 aliphatic carbocycles. The lowest BCUT2D eigenvalue weighted by atomic mass is 9.77. The summed E-state index contributed by atoms with van der Waals surface area (Å²) in [4.78, 5) is 24.7. The first-order valence-corrected chi connectivity index (χ1v) is 8.22. The van der Waals surface area contributed by atoms with Gasteiger partial charge in [0.1, 0.15) is 0 Å². The number of hydrogen-bond donors (Lipinski definition) is 1. The van der Waals surface area contributed by atoms with Crippen molar-refractivity contribution in [2.75, 3.05) is 11.9 Å². The van der Waals surface area contributed by atoms with Crippen LogP contribution in [0.4, 0.5) is 5.69 Å². The van der Waals surface area contributed by atoms with Crippen molar-refractivity contribution in [3.05, 3.63) is 63.1 Å². The van der Waals surface area contributed by atoms with Crippen molar-refractivity contribution in [1.82, 2.24) is 0 Å². The van der Waals surface area contributed by atoms with E-state index in [2.05, 4.69) is 5.32 Å². The number of hydrogen-bond acceptors (Lipinski definition) is 3. The van der Waals surface area contributed by atoms with Crippen LogP contribution in [0.1, 0.15) is 35.3 Å². The standard InChI is InChI=1S/C18H15Cl2NO3/c1-3-24-16(22)10-4-6-14(20)12(8-10)18(2)13-9-11(19)5-7-15(13)21-17(18)23/h4-9H,3H2,1-2H3,(H,21,23)/t18-/m1/s1. The summed E-state index contributed by atoms with van der Waals surface area (Å²) in [6.07, 6.45) is 0. The number of carbonyl (C=O) groups excluding carboxylic acids is 2. The Balaban J connectivity index is 2.18. The Hall–Kier alpha value is -2.04. The Kier molecular flexibility index (Phi) is 4.28. The number of anilines is 1. The number of benzene rings is 2. The molecule has 4 nitrogen and oxygen atoms in total. The highest BCUT2D eigenvalue weighted by molar-refractivity contribution is 6.33. The van der Waals surface area contributed by atoms with Crippen LogP contribution in [0.15, 0.2) is 36.4 Å². The molecule has 0 aromatic heterocycles. The zero-order chi connectivity index (χ0) is 17.5. The van der Waals surface area contributed by atoms with Crippen LogP contribution in [-0.2, 0) is 14.9 Å². The summed E-state index contributed by atoms with van der Waals surface area (Å²) in [5.74, 6) is -0.675.